The zero-order valence-corrected chi connectivity index (χ0v) is 16.7. The summed E-state index contributed by atoms with van der Waals surface area (Å²) in [6, 6.07) is 10.9. The average molecular weight is 464 g/mol. The molecule has 2 aromatic carbocycles. The molecule has 0 radical (unpaired) electrons. The number of benzene rings is 2. The van der Waals surface area contributed by atoms with Crippen LogP contribution < -0.4 is 19.9 Å². The first kappa shape index (κ1) is 18.2. The highest BCUT2D eigenvalue weighted by Gasteiger charge is 2.17. The first-order chi connectivity index (χ1) is 12.5. The van der Waals surface area contributed by atoms with E-state index < -0.39 is 5.91 Å². The van der Waals surface area contributed by atoms with Gasteiger partial charge in [0.2, 0.25) is 11.7 Å². The Balaban J connectivity index is 2.29. The Morgan fingerprint density at radius 2 is 1.65 bits per heavy atom. The third-order valence-corrected chi connectivity index (χ3v) is 4.67. The molecular formula is C19H17IN2O4. The van der Waals surface area contributed by atoms with E-state index in [0.29, 0.717) is 34.0 Å². The predicted molar refractivity (Wildman–Crippen MR) is 108 cm³/mol. The maximum atomic E-state index is 12.0. The Labute approximate surface area is 164 Å². The Morgan fingerprint density at radius 1 is 1.00 bits per heavy atom. The van der Waals surface area contributed by atoms with Crippen LogP contribution >= 0.6 is 22.6 Å². The number of nitrogens with two attached hydrogens (primary N) is 1. The molecule has 3 rings (SSSR count). The van der Waals surface area contributed by atoms with Crippen molar-refractivity contribution >= 4 is 39.4 Å². The molecule has 0 aliphatic heterocycles. The van der Waals surface area contributed by atoms with Crippen LogP contribution in [0.25, 0.3) is 22.2 Å². The summed E-state index contributed by atoms with van der Waals surface area (Å²) in [5.41, 5.74) is 8.01. The van der Waals surface area contributed by atoms with E-state index >= 15 is 0 Å². The molecule has 0 fully saturated rings. The summed E-state index contributed by atoms with van der Waals surface area (Å²) in [6.45, 7) is 0. The lowest BCUT2D eigenvalue weighted by Gasteiger charge is -2.15. The number of aromatic nitrogens is 1. The summed E-state index contributed by atoms with van der Waals surface area (Å²) in [5, 5.41) is 0.723. The van der Waals surface area contributed by atoms with Crippen LogP contribution in [0.1, 0.15) is 10.4 Å². The van der Waals surface area contributed by atoms with Crippen LogP contribution in [-0.2, 0) is 0 Å². The van der Waals surface area contributed by atoms with Gasteiger partial charge in [-0.3, -0.25) is 4.79 Å². The van der Waals surface area contributed by atoms with Crippen molar-refractivity contribution in [1.82, 2.24) is 4.98 Å². The number of fused-ring (bicyclic) bond motifs is 1. The molecule has 7 heteroatoms. The van der Waals surface area contributed by atoms with E-state index in [1.165, 1.54) is 0 Å². The molecule has 1 amide bonds. The van der Waals surface area contributed by atoms with Gasteiger partial charge in [0.05, 0.1) is 38.1 Å². The molecule has 0 unspecified atom stereocenters. The second-order valence-corrected chi connectivity index (χ2v) is 6.74. The van der Waals surface area contributed by atoms with Crippen molar-refractivity contribution in [2.45, 2.75) is 0 Å². The molecule has 26 heavy (non-hydrogen) atoms. The molecule has 0 spiro atoms. The third-order valence-electron chi connectivity index (χ3n) is 4.00. The molecule has 0 atom stereocenters. The van der Waals surface area contributed by atoms with E-state index in [-0.39, 0.29) is 0 Å². The fraction of sp³-hybridized carbons (Fsp3) is 0.158. The van der Waals surface area contributed by atoms with E-state index in [4.69, 9.17) is 19.9 Å². The largest absolute Gasteiger partial charge is 0.493 e. The number of halogens is 1. The number of nitrogens with zero attached hydrogens (tertiary/aromatic N) is 1. The molecule has 2 N–H and O–H groups in total. The van der Waals surface area contributed by atoms with E-state index in [1.807, 2.05) is 18.2 Å². The van der Waals surface area contributed by atoms with Crippen molar-refractivity contribution in [2.24, 2.45) is 5.73 Å². The monoisotopic (exact) mass is 464 g/mol. The van der Waals surface area contributed by atoms with Crippen LogP contribution in [-0.4, -0.2) is 32.2 Å². The van der Waals surface area contributed by atoms with Gasteiger partial charge in [-0.1, -0.05) is 0 Å². The second kappa shape index (κ2) is 7.36. The van der Waals surface area contributed by atoms with Crippen LogP contribution in [0.15, 0.2) is 36.4 Å². The van der Waals surface area contributed by atoms with Crippen molar-refractivity contribution in [3.8, 4) is 28.5 Å². The standard InChI is InChI=1S/C19H17IN2O4/c1-24-16-6-10(7-17(25-2)18(16)26-3)15-9-13(19(21)23)12-8-11(20)4-5-14(12)22-15/h4-9H,1-3H3,(H2,21,23). The number of hydrogen-bond donors (Lipinski definition) is 1. The summed E-state index contributed by atoms with van der Waals surface area (Å²) in [6.07, 6.45) is 0. The van der Waals surface area contributed by atoms with Gasteiger partial charge >= 0.3 is 0 Å². The number of pyridine rings is 1. The quantitative estimate of drug-likeness (QED) is 0.584. The van der Waals surface area contributed by atoms with Crippen molar-refractivity contribution in [3.63, 3.8) is 0 Å². The number of hydrogen-bond acceptors (Lipinski definition) is 5. The molecule has 134 valence electrons. The number of ether oxygens (including phenoxy) is 3. The van der Waals surface area contributed by atoms with Crippen molar-refractivity contribution in [1.29, 1.82) is 0 Å². The van der Waals surface area contributed by atoms with Gasteiger partial charge in [-0.25, -0.2) is 4.98 Å². The lowest BCUT2D eigenvalue weighted by molar-refractivity contribution is 0.100. The number of methoxy groups -OCH3 is 3. The minimum absolute atomic E-state index is 0.414. The molecule has 1 aromatic heterocycles. The zero-order chi connectivity index (χ0) is 18.8. The molecular weight excluding hydrogens is 447 g/mol. The van der Waals surface area contributed by atoms with E-state index in [0.717, 1.165) is 14.5 Å². The Kier molecular flexibility index (Phi) is 5.17. The highest BCUT2D eigenvalue weighted by atomic mass is 127. The summed E-state index contributed by atoms with van der Waals surface area (Å²) >= 11 is 2.19. The third kappa shape index (κ3) is 3.26. The first-order valence-electron chi connectivity index (χ1n) is 7.69. The van der Waals surface area contributed by atoms with Gasteiger partial charge in [0.1, 0.15) is 0 Å². The van der Waals surface area contributed by atoms with Gasteiger partial charge in [-0.15, -0.1) is 0 Å². The fourth-order valence-corrected chi connectivity index (χ4v) is 3.27. The van der Waals surface area contributed by atoms with Gasteiger partial charge in [0, 0.05) is 14.5 Å². The van der Waals surface area contributed by atoms with Crippen LogP contribution in [0.3, 0.4) is 0 Å². The molecule has 1 heterocycles. The van der Waals surface area contributed by atoms with Crippen LogP contribution in [0.2, 0.25) is 0 Å². The second-order valence-electron chi connectivity index (χ2n) is 5.49. The van der Waals surface area contributed by atoms with E-state index in [1.54, 1.807) is 39.5 Å². The first-order valence-corrected chi connectivity index (χ1v) is 8.76. The molecule has 0 aliphatic rings. The zero-order valence-electron chi connectivity index (χ0n) is 14.5. The summed E-state index contributed by atoms with van der Waals surface area (Å²) < 4.78 is 17.1. The van der Waals surface area contributed by atoms with Crippen LogP contribution in [0, 0.1) is 3.57 Å². The number of rotatable bonds is 5. The SMILES string of the molecule is COc1cc(-c2cc(C(N)=O)c3cc(I)ccc3n2)cc(OC)c1OC. The highest BCUT2D eigenvalue weighted by Crippen LogP contribution is 2.41. The number of primary amides is 1. The van der Waals surface area contributed by atoms with Crippen LogP contribution in [0.5, 0.6) is 17.2 Å². The van der Waals surface area contributed by atoms with Gasteiger partial charge in [0.25, 0.3) is 0 Å². The van der Waals surface area contributed by atoms with Gasteiger partial charge in [0.15, 0.2) is 11.5 Å². The molecule has 0 bridgehead atoms. The fourth-order valence-electron chi connectivity index (χ4n) is 2.78. The molecule has 6 nitrogen and oxygen atoms in total. The highest BCUT2D eigenvalue weighted by molar-refractivity contribution is 14.1. The molecule has 0 saturated heterocycles. The lowest BCUT2D eigenvalue weighted by atomic mass is 10.0. The Morgan fingerprint density at radius 3 is 2.19 bits per heavy atom. The number of carbonyl (C=O) groups excluding carboxylic acids is 1. The summed E-state index contributed by atoms with van der Waals surface area (Å²) in [7, 11) is 4.64. The van der Waals surface area contributed by atoms with Gasteiger partial charge in [-0.2, -0.15) is 0 Å². The molecule has 3 aromatic rings. The minimum Gasteiger partial charge on any atom is -0.493 e. The number of amides is 1. The maximum Gasteiger partial charge on any atom is 0.249 e. The lowest BCUT2D eigenvalue weighted by Crippen LogP contribution is -2.12. The van der Waals surface area contributed by atoms with Gasteiger partial charge in [-0.05, 0) is 59.0 Å². The summed E-state index contributed by atoms with van der Waals surface area (Å²) in [4.78, 5) is 16.7. The van der Waals surface area contributed by atoms with Crippen molar-refractivity contribution < 1.29 is 19.0 Å². The van der Waals surface area contributed by atoms with Gasteiger partial charge < -0.3 is 19.9 Å². The predicted octanol–water partition coefficient (Wildman–Crippen LogP) is 3.63. The van der Waals surface area contributed by atoms with E-state index in [9.17, 15) is 4.79 Å². The smallest absolute Gasteiger partial charge is 0.249 e. The minimum atomic E-state index is -0.506. The van der Waals surface area contributed by atoms with E-state index in [2.05, 4.69) is 27.6 Å². The molecule has 0 saturated carbocycles. The van der Waals surface area contributed by atoms with Crippen molar-refractivity contribution in [3.05, 3.63) is 45.5 Å². The average Bonchev–Trinajstić information content (AvgIpc) is 2.65. The van der Waals surface area contributed by atoms with Crippen LogP contribution in [0.4, 0.5) is 0 Å². The Hall–Kier alpha value is -2.55. The normalized spacial score (nSPS) is 10.6. The Bertz CT molecular complexity index is 979. The summed E-state index contributed by atoms with van der Waals surface area (Å²) in [5.74, 6) is 0.997. The molecule has 0 aliphatic carbocycles. The maximum absolute atomic E-state index is 12.0. The van der Waals surface area contributed by atoms with Crippen molar-refractivity contribution in [2.75, 3.05) is 21.3 Å². The number of carbonyl (C=O) groups is 1. The topological polar surface area (TPSA) is 83.7 Å².